The predicted molar refractivity (Wildman–Crippen MR) is 69.4 cm³/mol. The Morgan fingerprint density at radius 2 is 1.88 bits per heavy atom. The van der Waals surface area contributed by atoms with E-state index in [9.17, 15) is 0 Å². The zero-order valence-electron chi connectivity index (χ0n) is 10.6. The number of rotatable bonds is 3. The summed E-state index contributed by atoms with van der Waals surface area (Å²) in [6.45, 7) is 2.65. The second-order valence-corrected chi connectivity index (χ2v) is 5.42. The molecule has 2 nitrogen and oxygen atoms in total. The van der Waals surface area contributed by atoms with Gasteiger partial charge in [-0.3, -0.25) is 0 Å². The van der Waals surface area contributed by atoms with Crippen molar-refractivity contribution >= 4 is 0 Å². The smallest absolute Gasteiger partial charge is 0.118 e. The maximum Gasteiger partial charge on any atom is 0.118 e. The molecule has 2 heteroatoms. The number of ether oxygens (including phenoxy) is 1. The molecule has 3 aliphatic heterocycles. The highest BCUT2D eigenvalue weighted by Crippen LogP contribution is 2.33. The van der Waals surface area contributed by atoms with E-state index < -0.39 is 0 Å². The third kappa shape index (κ3) is 2.32. The van der Waals surface area contributed by atoms with Gasteiger partial charge in [-0.25, -0.2) is 0 Å². The second-order valence-electron chi connectivity index (χ2n) is 5.42. The lowest BCUT2D eigenvalue weighted by molar-refractivity contribution is 0.0498. The summed E-state index contributed by atoms with van der Waals surface area (Å²) in [7, 11) is 1.72. The Kier molecular flexibility index (Phi) is 3.06. The molecular formula is C15H21NO. The molecule has 0 spiro atoms. The predicted octanol–water partition coefficient (Wildman–Crippen LogP) is 2.72. The number of nitrogens with zero attached hydrogens (tertiary/aromatic N) is 1. The van der Waals surface area contributed by atoms with Crippen LogP contribution < -0.4 is 4.74 Å². The van der Waals surface area contributed by atoms with Crippen molar-refractivity contribution in [3.63, 3.8) is 0 Å². The van der Waals surface area contributed by atoms with Crippen LogP contribution >= 0.6 is 0 Å². The van der Waals surface area contributed by atoms with Gasteiger partial charge in [0.15, 0.2) is 0 Å². The standard InChI is InChI=1S/C15H21NO/c1-17-15-4-2-12(3-5-15)10-14-11-13-6-8-16(14)9-7-13/h2-5,13-14H,6-11H2,1H3/t14-/m1/s1. The number of methoxy groups -OCH3 is 1. The van der Waals surface area contributed by atoms with Crippen LogP contribution in [0.4, 0.5) is 0 Å². The highest BCUT2D eigenvalue weighted by atomic mass is 16.5. The van der Waals surface area contributed by atoms with Gasteiger partial charge in [-0.15, -0.1) is 0 Å². The molecule has 17 heavy (non-hydrogen) atoms. The summed E-state index contributed by atoms with van der Waals surface area (Å²) in [4.78, 5) is 2.68. The third-order valence-electron chi connectivity index (χ3n) is 4.40. The van der Waals surface area contributed by atoms with Gasteiger partial charge >= 0.3 is 0 Å². The fourth-order valence-corrected chi connectivity index (χ4v) is 3.33. The summed E-state index contributed by atoms with van der Waals surface area (Å²) in [5.41, 5.74) is 1.45. The molecule has 0 radical (unpaired) electrons. The minimum atomic E-state index is 0.788. The molecule has 0 amide bonds. The van der Waals surface area contributed by atoms with Crippen LogP contribution in [0.3, 0.4) is 0 Å². The first-order valence-electron chi connectivity index (χ1n) is 6.72. The van der Waals surface area contributed by atoms with Crippen LogP contribution in [0.2, 0.25) is 0 Å². The van der Waals surface area contributed by atoms with E-state index in [0.29, 0.717) is 0 Å². The summed E-state index contributed by atoms with van der Waals surface area (Å²) in [5, 5.41) is 0. The van der Waals surface area contributed by atoms with Crippen LogP contribution in [0.5, 0.6) is 5.75 Å². The number of hydrogen-bond acceptors (Lipinski definition) is 2. The Labute approximate surface area is 104 Å². The molecule has 1 aromatic rings. The normalized spacial score (nSPS) is 31.5. The maximum atomic E-state index is 5.20. The first-order valence-corrected chi connectivity index (χ1v) is 6.72. The summed E-state index contributed by atoms with van der Waals surface area (Å²) in [5.74, 6) is 1.96. The number of hydrogen-bond donors (Lipinski definition) is 0. The molecule has 3 fully saturated rings. The van der Waals surface area contributed by atoms with Crippen molar-refractivity contribution in [3.8, 4) is 5.75 Å². The van der Waals surface area contributed by atoms with Crippen LogP contribution in [0.15, 0.2) is 24.3 Å². The van der Waals surface area contributed by atoms with Crippen molar-refractivity contribution < 1.29 is 4.74 Å². The SMILES string of the molecule is COc1ccc(C[C@@H]2CC3CCN2CC3)cc1. The Balaban J connectivity index is 1.66. The van der Waals surface area contributed by atoms with Gasteiger partial charge in [0.2, 0.25) is 0 Å². The van der Waals surface area contributed by atoms with Gasteiger partial charge in [-0.2, -0.15) is 0 Å². The van der Waals surface area contributed by atoms with E-state index in [4.69, 9.17) is 4.74 Å². The van der Waals surface area contributed by atoms with Gasteiger partial charge in [-0.05, 0) is 62.4 Å². The molecule has 3 heterocycles. The fourth-order valence-electron chi connectivity index (χ4n) is 3.33. The van der Waals surface area contributed by atoms with Gasteiger partial charge in [-0.1, -0.05) is 12.1 Å². The zero-order chi connectivity index (χ0) is 11.7. The highest BCUT2D eigenvalue weighted by Gasteiger charge is 2.33. The first-order chi connectivity index (χ1) is 8.35. The molecule has 1 aromatic carbocycles. The Morgan fingerprint density at radius 1 is 1.18 bits per heavy atom. The van der Waals surface area contributed by atoms with Crippen molar-refractivity contribution in [2.24, 2.45) is 5.92 Å². The van der Waals surface area contributed by atoms with Crippen LogP contribution in [-0.2, 0) is 6.42 Å². The van der Waals surface area contributed by atoms with E-state index in [1.165, 1.54) is 44.3 Å². The molecule has 0 aromatic heterocycles. The summed E-state index contributed by atoms with van der Waals surface area (Å²) in [6, 6.07) is 9.36. The molecule has 3 saturated heterocycles. The van der Waals surface area contributed by atoms with Gasteiger partial charge in [0, 0.05) is 6.04 Å². The van der Waals surface area contributed by atoms with Crippen molar-refractivity contribution in [1.29, 1.82) is 0 Å². The largest absolute Gasteiger partial charge is 0.497 e. The van der Waals surface area contributed by atoms with E-state index in [2.05, 4.69) is 29.2 Å². The number of benzene rings is 1. The van der Waals surface area contributed by atoms with Crippen LogP contribution in [-0.4, -0.2) is 31.1 Å². The average Bonchev–Trinajstić information content (AvgIpc) is 2.41. The van der Waals surface area contributed by atoms with Crippen molar-refractivity contribution in [2.75, 3.05) is 20.2 Å². The van der Waals surface area contributed by atoms with Crippen LogP contribution in [0.25, 0.3) is 0 Å². The lowest BCUT2D eigenvalue weighted by atomic mass is 9.81. The van der Waals surface area contributed by atoms with Crippen molar-refractivity contribution in [2.45, 2.75) is 31.7 Å². The molecule has 4 rings (SSSR count). The minimum Gasteiger partial charge on any atom is -0.497 e. The third-order valence-corrected chi connectivity index (χ3v) is 4.40. The van der Waals surface area contributed by atoms with E-state index in [1.54, 1.807) is 7.11 Å². The molecule has 1 atom stereocenters. The van der Waals surface area contributed by atoms with E-state index >= 15 is 0 Å². The Morgan fingerprint density at radius 3 is 2.41 bits per heavy atom. The first kappa shape index (κ1) is 11.1. The molecule has 0 aliphatic carbocycles. The van der Waals surface area contributed by atoms with Gasteiger partial charge in [0.25, 0.3) is 0 Å². The van der Waals surface area contributed by atoms with Crippen LogP contribution in [0, 0.1) is 5.92 Å². The van der Waals surface area contributed by atoms with Crippen molar-refractivity contribution in [3.05, 3.63) is 29.8 Å². The Bertz CT molecular complexity index is 365. The molecular weight excluding hydrogens is 210 g/mol. The summed E-state index contributed by atoms with van der Waals surface area (Å²) < 4.78 is 5.20. The highest BCUT2D eigenvalue weighted by molar-refractivity contribution is 5.27. The lowest BCUT2D eigenvalue weighted by Gasteiger charge is -2.45. The monoisotopic (exact) mass is 231 g/mol. The van der Waals surface area contributed by atoms with Crippen LogP contribution in [0.1, 0.15) is 24.8 Å². The van der Waals surface area contributed by atoms with Crippen molar-refractivity contribution in [1.82, 2.24) is 4.90 Å². The lowest BCUT2D eigenvalue weighted by Crippen LogP contribution is -2.49. The molecule has 2 bridgehead atoms. The maximum absolute atomic E-state index is 5.20. The number of fused-ring (bicyclic) bond motifs is 3. The van der Waals surface area contributed by atoms with E-state index in [1.807, 2.05) is 0 Å². The molecule has 92 valence electrons. The van der Waals surface area contributed by atoms with E-state index in [0.717, 1.165) is 17.7 Å². The quantitative estimate of drug-likeness (QED) is 0.793. The average molecular weight is 231 g/mol. The van der Waals surface area contributed by atoms with Gasteiger partial charge < -0.3 is 9.64 Å². The Hall–Kier alpha value is -1.02. The molecule has 3 aliphatic rings. The molecule has 0 saturated carbocycles. The van der Waals surface area contributed by atoms with Gasteiger partial charge in [0.05, 0.1) is 7.11 Å². The topological polar surface area (TPSA) is 12.5 Å². The minimum absolute atomic E-state index is 0.788. The van der Waals surface area contributed by atoms with E-state index in [-0.39, 0.29) is 0 Å². The fraction of sp³-hybridized carbons (Fsp3) is 0.600. The number of piperidine rings is 3. The summed E-state index contributed by atoms with van der Waals surface area (Å²) >= 11 is 0. The molecule has 0 N–H and O–H groups in total. The molecule has 0 unspecified atom stereocenters. The second kappa shape index (κ2) is 4.69. The summed E-state index contributed by atoms with van der Waals surface area (Å²) in [6.07, 6.45) is 5.48. The van der Waals surface area contributed by atoms with Gasteiger partial charge in [0.1, 0.15) is 5.75 Å². The zero-order valence-corrected chi connectivity index (χ0v) is 10.6.